The van der Waals surface area contributed by atoms with E-state index >= 15 is 0 Å². The summed E-state index contributed by atoms with van der Waals surface area (Å²) in [6.07, 6.45) is 1.14. The normalized spacial score (nSPS) is 20.4. The highest BCUT2D eigenvalue weighted by atomic mass is 127. The number of nitrogens with one attached hydrogen (secondary N) is 2. The SMILES string of the molecule is CN=C(NCC(=O)Nc1ccc(F)c(F)c1F)N1CC(C)CC(C)C1.I. The van der Waals surface area contributed by atoms with Gasteiger partial charge in [-0.3, -0.25) is 9.79 Å². The molecule has 2 N–H and O–H groups in total. The van der Waals surface area contributed by atoms with E-state index < -0.39 is 29.0 Å². The van der Waals surface area contributed by atoms with Gasteiger partial charge in [-0.15, -0.1) is 24.0 Å². The summed E-state index contributed by atoms with van der Waals surface area (Å²) in [4.78, 5) is 18.2. The van der Waals surface area contributed by atoms with Crippen molar-refractivity contribution in [1.29, 1.82) is 0 Å². The molecule has 9 heteroatoms. The minimum atomic E-state index is -1.61. The van der Waals surface area contributed by atoms with Gasteiger partial charge in [0.15, 0.2) is 23.4 Å². The van der Waals surface area contributed by atoms with Crippen LogP contribution < -0.4 is 10.6 Å². The Labute approximate surface area is 168 Å². The Morgan fingerprint density at radius 1 is 1.19 bits per heavy atom. The number of hydrogen-bond donors (Lipinski definition) is 2. The summed E-state index contributed by atoms with van der Waals surface area (Å²) < 4.78 is 39.7. The van der Waals surface area contributed by atoms with E-state index in [1.807, 2.05) is 0 Å². The van der Waals surface area contributed by atoms with Crippen molar-refractivity contribution >= 4 is 41.5 Å². The predicted molar refractivity (Wildman–Crippen MR) is 106 cm³/mol. The molecule has 26 heavy (non-hydrogen) atoms. The minimum absolute atomic E-state index is 0. The van der Waals surface area contributed by atoms with Crippen LogP contribution in [0.4, 0.5) is 18.9 Å². The summed E-state index contributed by atoms with van der Waals surface area (Å²) in [6, 6.07) is 1.74. The van der Waals surface area contributed by atoms with Crippen molar-refractivity contribution < 1.29 is 18.0 Å². The third-order valence-corrected chi connectivity index (χ3v) is 4.10. The Kier molecular flexibility index (Phi) is 8.65. The van der Waals surface area contributed by atoms with E-state index in [2.05, 4.69) is 34.4 Å². The number of guanidine groups is 1. The lowest BCUT2D eigenvalue weighted by molar-refractivity contribution is -0.115. The molecule has 0 saturated carbocycles. The molecule has 1 aliphatic rings. The second kappa shape index (κ2) is 9.98. The minimum Gasteiger partial charge on any atom is -0.347 e. The van der Waals surface area contributed by atoms with Crippen LogP contribution in [0.1, 0.15) is 20.3 Å². The fourth-order valence-electron chi connectivity index (χ4n) is 3.14. The number of piperidine rings is 1. The molecule has 5 nitrogen and oxygen atoms in total. The average molecular weight is 484 g/mol. The zero-order chi connectivity index (χ0) is 18.6. The van der Waals surface area contributed by atoms with Crippen LogP contribution in [0.2, 0.25) is 0 Å². The number of likely N-dealkylation sites (tertiary alicyclic amines) is 1. The molecule has 2 atom stereocenters. The molecule has 2 unspecified atom stereocenters. The first-order valence-electron chi connectivity index (χ1n) is 8.20. The van der Waals surface area contributed by atoms with Crippen molar-refractivity contribution in [2.75, 3.05) is 32.0 Å². The van der Waals surface area contributed by atoms with Crippen molar-refractivity contribution in [3.8, 4) is 0 Å². The Morgan fingerprint density at radius 3 is 2.38 bits per heavy atom. The van der Waals surface area contributed by atoms with E-state index in [9.17, 15) is 18.0 Å². The zero-order valence-electron chi connectivity index (χ0n) is 15.0. The lowest BCUT2D eigenvalue weighted by atomic mass is 9.92. The number of hydrogen-bond acceptors (Lipinski definition) is 2. The van der Waals surface area contributed by atoms with Crippen LogP contribution in [-0.2, 0) is 4.79 Å². The van der Waals surface area contributed by atoms with Gasteiger partial charge in [0.05, 0.1) is 12.2 Å². The van der Waals surface area contributed by atoms with E-state index in [1.54, 1.807) is 7.05 Å². The van der Waals surface area contributed by atoms with Gasteiger partial charge in [0.25, 0.3) is 0 Å². The van der Waals surface area contributed by atoms with Gasteiger partial charge in [-0.25, -0.2) is 13.2 Å². The lowest BCUT2D eigenvalue weighted by Gasteiger charge is -2.37. The third kappa shape index (κ3) is 5.75. The van der Waals surface area contributed by atoms with Crippen LogP contribution in [0, 0.1) is 29.3 Å². The lowest BCUT2D eigenvalue weighted by Crippen LogP contribution is -2.49. The number of carbonyl (C=O) groups excluding carboxylic acids is 1. The monoisotopic (exact) mass is 484 g/mol. The Balaban J connectivity index is 0.00000338. The standard InChI is InChI=1S/C17H23F3N4O.HI/c1-10-6-11(2)9-24(8-10)17(21-3)22-7-14(25)23-13-5-4-12(18)15(19)16(13)20;/h4-5,10-11H,6-9H2,1-3H3,(H,21,22)(H,23,25);1H. The fourth-order valence-corrected chi connectivity index (χ4v) is 3.14. The molecular formula is C17H24F3IN4O. The first kappa shape index (κ1) is 22.5. The highest BCUT2D eigenvalue weighted by Gasteiger charge is 2.24. The smallest absolute Gasteiger partial charge is 0.243 e. The van der Waals surface area contributed by atoms with Crippen LogP contribution in [-0.4, -0.2) is 43.4 Å². The number of halogens is 4. The van der Waals surface area contributed by atoms with Crippen molar-refractivity contribution in [2.45, 2.75) is 20.3 Å². The van der Waals surface area contributed by atoms with Crippen LogP contribution >= 0.6 is 24.0 Å². The topological polar surface area (TPSA) is 56.7 Å². The second-order valence-electron chi connectivity index (χ2n) is 6.52. The summed E-state index contributed by atoms with van der Waals surface area (Å²) in [6.45, 7) is 5.83. The molecule has 0 bridgehead atoms. The Morgan fingerprint density at radius 2 is 1.81 bits per heavy atom. The molecule has 0 spiro atoms. The molecular weight excluding hydrogens is 460 g/mol. The number of aliphatic imine (C=N–C) groups is 1. The van der Waals surface area contributed by atoms with Crippen LogP contribution in [0.5, 0.6) is 0 Å². The number of anilines is 1. The molecule has 1 heterocycles. The molecule has 1 aromatic rings. The van der Waals surface area contributed by atoms with Crippen molar-refractivity contribution in [2.24, 2.45) is 16.8 Å². The quantitative estimate of drug-likeness (QED) is 0.300. The molecule has 0 aliphatic carbocycles. The number of nitrogens with zero attached hydrogens (tertiary/aromatic N) is 2. The summed E-state index contributed by atoms with van der Waals surface area (Å²) in [5.74, 6) is -3.29. The second-order valence-corrected chi connectivity index (χ2v) is 6.52. The summed E-state index contributed by atoms with van der Waals surface area (Å²) in [5, 5.41) is 5.14. The van der Waals surface area contributed by atoms with Crippen molar-refractivity contribution in [3.63, 3.8) is 0 Å². The van der Waals surface area contributed by atoms with Crippen LogP contribution in [0.3, 0.4) is 0 Å². The molecule has 0 radical (unpaired) electrons. The maximum atomic E-state index is 13.6. The van der Waals surface area contributed by atoms with Crippen molar-refractivity contribution in [3.05, 3.63) is 29.6 Å². The van der Waals surface area contributed by atoms with Gasteiger partial charge < -0.3 is 15.5 Å². The van der Waals surface area contributed by atoms with Gasteiger partial charge >= 0.3 is 0 Å². The third-order valence-electron chi connectivity index (χ3n) is 4.10. The first-order valence-corrected chi connectivity index (χ1v) is 8.20. The van der Waals surface area contributed by atoms with Gasteiger partial charge in [0.2, 0.25) is 5.91 Å². The molecule has 146 valence electrons. The molecule has 1 amide bonds. The van der Waals surface area contributed by atoms with E-state index in [1.165, 1.54) is 0 Å². The molecule has 1 fully saturated rings. The predicted octanol–water partition coefficient (Wildman–Crippen LogP) is 3.21. The van der Waals surface area contributed by atoms with Crippen LogP contribution in [0.25, 0.3) is 0 Å². The summed E-state index contributed by atoms with van der Waals surface area (Å²) >= 11 is 0. The van der Waals surface area contributed by atoms with Crippen molar-refractivity contribution in [1.82, 2.24) is 10.2 Å². The molecule has 2 rings (SSSR count). The fraction of sp³-hybridized carbons (Fsp3) is 0.529. The van der Waals surface area contributed by atoms with E-state index in [-0.39, 0.29) is 30.5 Å². The van der Waals surface area contributed by atoms with Gasteiger partial charge in [-0.1, -0.05) is 13.8 Å². The van der Waals surface area contributed by atoms with Crippen LogP contribution in [0.15, 0.2) is 17.1 Å². The Hall–Kier alpha value is -1.52. The number of benzene rings is 1. The number of amides is 1. The largest absolute Gasteiger partial charge is 0.347 e. The van der Waals surface area contributed by atoms with Gasteiger partial charge in [-0.2, -0.15) is 0 Å². The van der Waals surface area contributed by atoms with E-state index in [0.717, 1.165) is 31.6 Å². The summed E-state index contributed by atoms with van der Waals surface area (Å²) in [7, 11) is 1.62. The maximum absolute atomic E-state index is 13.6. The average Bonchev–Trinajstić information content (AvgIpc) is 2.55. The van der Waals surface area contributed by atoms with Gasteiger partial charge in [0, 0.05) is 20.1 Å². The van der Waals surface area contributed by atoms with E-state index in [0.29, 0.717) is 17.8 Å². The highest BCUT2D eigenvalue weighted by molar-refractivity contribution is 14.0. The molecule has 1 saturated heterocycles. The molecule has 1 aromatic carbocycles. The summed E-state index contributed by atoms with van der Waals surface area (Å²) in [5.41, 5.74) is -0.402. The van der Waals surface area contributed by atoms with Gasteiger partial charge in [0.1, 0.15) is 0 Å². The number of carbonyl (C=O) groups is 1. The number of rotatable bonds is 3. The first-order chi connectivity index (χ1) is 11.8. The molecule has 1 aliphatic heterocycles. The molecule has 0 aromatic heterocycles. The Bertz CT molecular complexity index is 662. The maximum Gasteiger partial charge on any atom is 0.243 e. The van der Waals surface area contributed by atoms with E-state index in [4.69, 9.17) is 0 Å². The highest BCUT2D eigenvalue weighted by Crippen LogP contribution is 2.21. The van der Waals surface area contributed by atoms with Gasteiger partial charge in [-0.05, 0) is 30.4 Å². The zero-order valence-corrected chi connectivity index (χ0v) is 17.3.